The third-order valence-electron chi connectivity index (χ3n) is 2.67. The summed E-state index contributed by atoms with van der Waals surface area (Å²) in [5.74, 6) is -1.06. The molecule has 7 nitrogen and oxygen atoms in total. The van der Waals surface area contributed by atoms with Gasteiger partial charge in [-0.25, -0.2) is 4.79 Å². The van der Waals surface area contributed by atoms with Crippen LogP contribution in [0.15, 0.2) is 12.7 Å². The van der Waals surface area contributed by atoms with Crippen molar-refractivity contribution in [3.8, 4) is 0 Å². The Morgan fingerprint density at radius 1 is 1.35 bits per heavy atom. The number of urea groups is 1. The van der Waals surface area contributed by atoms with Gasteiger partial charge in [0.05, 0.1) is 19.3 Å². The number of carboxylic acid groups (broad SMARTS) is 1. The van der Waals surface area contributed by atoms with E-state index in [1.807, 2.05) is 6.92 Å². The zero-order chi connectivity index (χ0) is 15.5. The molecule has 7 heteroatoms. The van der Waals surface area contributed by atoms with E-state index in [1.165, 1.54) is 11.0 Å². The molecule has 0 aromatic carbocycles. The molecule has 0 saturated carbocycles. The Morgan fingerprint density at radius 3 is 2.45 bits per heavy atom. The first-order chi connectivity index (χ1) is 9.47. The van der Waals surface area contributed by atoms with E-state index in [4.69, 9.17) is 14.6 Å². The first kappa shape index (κ1) is 18.4. The van der Waals surface area contributed by atoms with Gasteiger partial charge in [0.15, 0.2) is 0 Å². The molecule has 0 saturated heterocycles. The Hall–Kier alpha value is -1.60. The van der Waals surface area contributed by atoms with Gasteiger partial charge < -0.3 is 24.4 Å². The number of hydrogen-bond donors (Lipinski definition) is 1. The minimum absolute atomic E-state index is 0.175. The zero-order valence-electron chi connectivity index (χ0n) is 12.4. The van der Waals surface area contributed by atoms with Gasteiger partial charge in [-0.05, 0) is 6.92 Å². The Morgan fingerprint density at radius 2 is 2.00 bits per heavy atom. The van der Waals surface area contributed by atoms with Gasteiger partial charge in [0, 0.05) is 27.3 Å². The summed E-state index contributed by atoms with van der Waals surface area (Å²) in [6.07, 6.45) is 1.50. The van der Waals surface area contributed by atoms with Crippen LogP contribution in [0.25, 0.3) is 0 Å². The first-order valence-corrected chi connectivity index (χ1v) is 6.34. The predicted molar refractivity (Wildman–Crippen MR) is 74.7 cm³/mol. The Kier molecular flexibility index (Phi) is 9.40. The van der Waals surface area contributed by atoms with Crippen LogP contribution in [-0.4, -0.2) is 80.0 Å². The highest BCUT2D eigenvalue weighted by Crippen LogP contribution is 2.06. The Labute approximate surface area is 119 Å². The molecular weight excluding hydrogens is 264 g/mol. The fourth-order valence-electron chi connectivity index (χ4n) is 1.74. The van der Waals surface area contributed by atoms with Crippen molar-refractivity contribution in [3.63, 3.8) is 0 Å². The van der Waals surface area contributed by atoms with E-state index >= 15 is 0 Å². The molecule has 0 heterocycles. The molecule has 0 aliphatic carbocycles. The van der Waals surface area contributed by atoms with Gasteiger partial charge in [0.25, 0.3) is 0 Å². The third kappa shape index (κ3) is 6.53. The molecule has 0 radical (unpaired) electrons. The minimum atomic E-state index is -1.06. The van der Waals surface area contributed by atoms with E-state index in [0.29, 0.717) is 19.8 Å². The normalized spacial score (nSPS) is 11.8. The average Bonchev–Trinajstić information content (AvgIpc) is 2.38. The van der Waals surface area contributed by atoms with Crippen LogP contribution >= 0.6 is 0 Å². The van der Waals surface area contributed by atoms with Crippen LogP contribution < -0.4 is 0 Å². The molecule has 0 aromatic rings. The number of methoxy groups -OCH3 is 2. The molecule has 0 aliphatic rings. The van der Waals surface area contributed by atoms with Crippen molar-refractivity contribution < 1.29 is 24.2 Å². The summed E-state index contributed by atoms with van der Waals surface area (Å²) in [6, 6.07) is -0.544. The lowest BCUT2D eigenvalue weighted by atomic mass is 10.3. The van der Waals surface area contributed by atoms with E-state index in [-0.39, 0.29) is 25.2 Å². The van der Waals surface area contributed by atoms with Gasteiger partial charge in [-0.15, -0.1) is 6.58 Å². The summed E-state index contributed by atoms with van der Waals surface area (Å²) in [5.41, 5.74) is 0. The molecule has 1 atom stereocenters. The van der Waals surface area contributed by atoms with E-state index in [1.54, 1.807) is 19.1 Å². The quantitative estimate of drug-likeness (QED) is 0.597. The second kappa shape index (κ2) is 10.2. The summed E-state index contributed by atoms with van der Waals surface area (Å²) in [4.78, 5) is 26.0. The molecular formula is C13H24N2O5. The van der Waals surface area contributed by atoms with Crippen molar-refractivity contribution >= 4 is 12.0 Å². The highest BCUT2D eigenvalue weighted by Gasteiger charge is 2.25. The summed E-state index contributed by atoms with van der Waals surface area (Å²) < 4.78 is 10.0. The maximum absolute atomic E-state index is 12.4. The van der Waals surface area contributed by atoms with Gasteiger partial charge in [0.2, 0.25) is 0 Å². The number of carboxylic acids is 1. The number of hydrogen-bond acceptors (Lipinski definition) is 4. The SMILES string of the molecule is C=CCN(CC(=O)O)C(=O)N(CCOC)C(C)COC. The molecule has 116 valence electrons. The molecule has 0 aliphatic heterocycles. The van der Waals surface area contributed by atoms with Crippen LogP contribution in [0.1, 0.15) is 6.92 Å². The van der Waals surface area contributed by atoms with E-state index in [9.17, 15) is 9.59 Å². The van der Waals surface area contributed by atoms with Crippen molar-refractivity contribution in [2.75, 3.05) is 47.1 Å². The van der Waals surface area contributed by atoms with Gasteiger partial charge in [0.1, 0.15) is 6.54 Å². The van der Waals surface area contributed by atoms with Gasteiger partial charge in [-0.3, -0.25) is 4.79 Å². The molecule has 0 aromatic heterocycles. The Balaban J connectivity index is 4.93. The van der Waals surface area contributed by atoms with Crippen LogP contribution in [0, 0.1) is 0 Å². The van der Waals surface area contributed by atoms with Crippen LogP contribution in [0.2, 0.25) is 0 Å². The lowest BCUT2D eigenvalue weighted by Crippen LogP contribution is -2.51. The monoisotopic (exact) mass is 288 g/mol. The Bertz CT molecular complexity index is 322. The number of aliphatic carboxylic acids is 1. The van der Waals surface area contributed by atoms with Crippen molar-refractivity contribution in [3.05, 3.63) is 12.7 Å². The van der Waals surface area contributed by atoms with Gasteiger partial charge >= 0.3 is 12.0 Å². The van der Waals surface area contributed by atoms with Crippen molar-refractivity contribution in [1.29, 1.82) is 0 Å². The number of carbonyl (C=O) groups excluding carboxylic acids is 1. The highest BCUT2D eigenvalue weighted by atomic mass is 16.5. The highest BCUT2D eigenvalue weighted by molar-refractivity contribution is 5.80. The number of ether oxygens (including phenoxy) is 2. The maximum Gasteiger partial charge on any atom is 0.323 e. The van der Waals surface area contributed by atoms with Gasteiger partial charge in [-0.2, -0.15) is 0 Å². The molecule has 1 N–H and O–H groups in total. The first-order valence-electron chi connectivity index (χ1n) is 6.34. The standard InChI is InChI=1S/C13H24N2O5/c1-5-6-14(9-12(16)17)13(18)15(7-8-19-3)11(2)10-20-4/h5,11H,1,6-10H2,2-4H3,(H,16,17). The number of rotatable bonds is 10. The topological polar surface area (TPSA) is 79.3 Å². The number of amides is 2. The van der Waals surface area contributed by atoms with Crippen LogP contribution in [0.4, 0.5) is 4.79 Å². The van der Waals surface area contributed by atoms with Crippen molar-refractivity contribution in [2.24, 2.45) is 0 Å². The average molecular weight is 288 g/mol. The summed E-state index contributed by atoms with van der Waals surface area (Å²) in [5, 5.41) is 8.86. The summed E-state index contributed by atoms with van der Waals surface area (Å²) in [7, 11) is 3.09. The summed E-state index contributed by atoms with van der Waals surface area (Å²) in [6.45, 7) is 6.29. The van der Waals surface area contributed by atoms with E-state index in [2.05, 4.69) is 6.58 Å². The molecule has 1 unspecified atom stereocenters. The van der Waals surface area contributed by atoms with Gasteiger partial charge in [-0.1, -0.05) is 6.08 Å². The third-order valence-corrected chi connectivity index (χ3v) is 2.67. The molecule has 20 heavy (non-hydrogen) atoms. The largest absolute Gasteiger partial charge is 0.480 e. The van der Waals surface area contributed by atoms with Crippen LogP contribution in [-0.2, 0) is 14.3 Å². The number of carbonyl (C=O) groups is 2. The molecule has 2 amide bonds. The van der Waals surface area contributed by atoms with Crippen molar-refractivity contribution in [1.82, 2.24) is 9.80 Å². The predicted octanol–water partition coefficient (Wildman–Crippen LogP) is 0.662. The van der Waals surface area contributed by atoms with E-state index < -0.39 is 5.97 Å². The molecule has 0 rings (SSSR count). The second-order valence-corrected chi connectivity index (χ2v) is 4.34. The molecule has 0 fully saturated rings. The summed E-state index contributed by atoms with van der Waals surface area (Å²) >= 11 is 0. The van der Waals surface area contributed by atoms with Crippen LogP contribution in [0.3, 0.4) is 0 Å². The lowest BCUT2D eigenvalue weighted by molar-refractivity contribution is -0.137. The zero-order valence-corrected chi connectivity index (χ0v) is 12.4. The number of nitrogens with zero attached hydrogens (tertiary/aromatic N) is 2. The maximum atomic E-state index is 12.4. The van der Waals surface area contributed by atoms with E-state index in [0.717, 1.165) is 0 Å². The smallest absolute Gasteiger partial charge is 0.323 e. The van der Waals surface area contributed by atoms with Crippen molar-refractivity contribution in [2.45, 2.75) is 13.0 Å². The fourth-order valence-corrected chi connectivity index (χ4v) is 1.74. The lowest BCUT2D eigenvalue weighted by Gasteiger charge is -2.33. The second-order valence-electron chi connectivity index (χ2n) is 4.34. The van der Waals surface area contributed by atoms with Crippen LogP contribution in [0.5, 0.6) is 0 Å². The minimum Gasteiger partial charge on any atom is -0.480 e. The molecule has 0 bridgehead atoms. The molecule has 0 spiro atoms. The fraction of sp³-hybridized carbons (Fsp3) is 0.692.